The summed E-state index contributed by atoms with van der Waals surface area (Å²) in [6.45, 7) is 1.88. The lowest BCUT2D eigenvalue weighted by atomic mass is 10.2. The molecule has 0 aliphatic carbocycles. The fourth-order valence-electron chi connectivity index (χ4n) is 0.919. The third kappa shape index (κ3) is 2.16. The lowest BCUT2D eigenvalue weighted by Gasteiger charge is -2.06. The topological polar surface area (TPSA) is 0 Å². The van der Waals surface area contributed by atoms with Gasteiger partial charge in [-0.15, -0.1) is 0 Å². The van der Waals surface area contributed by atoms with Gasteiger partial charge in [0.05, 0.1) is 0 Å². The quantitative estimate of drug-likeness (QED) is 0.665. The molecule has 0 atom stereocenters. The summed E-state index contributed by atoms with van der Waals surface area (Å²) in [6.07, 6.45) is -2.41. The van der Waals surface area contributed by atoms with Crippen LogP contribution in [0.1, 0.15) is 17.6 Å². The van der Waals surface area contributed by atoms with E-state index in [2.05, 4.69) is 15.9 Å². The molecule has 0 aromatic heterocycles. The highest BCUT2D eigenvalue weighted by Gasteiger charge is 2.15. The Kier molecular flexibility index (Phi) is 3.46. The molecule has 66 valence electrons. The van der Waals surface area contributed by atoms with Crippen molar-refractivity contribution < 1.29 is 8.78 Å². The van der Waals surface area contributed by atoms with Crippen molar-refractivity contribution in [2.45, 2.75) is 13.3 Å². The number of hydrogen-bond donors (Lipinski definition) is 0. The summed E-state index contributed by atoms with van der Waals surface area (Å²) in [7, 11) is 0. The van der Waals surface area contributed by atoms with Crippen molar-refractivity contribution in [2.75, 3.05) is 0 Å². The normalized spacial score (nSPS) is 10.8. The first-order valence-corrected chi connectivity index (χ1v) is 5.13. The molecule has 0 N–H and O–H groups in total. The first-order chi connectivity index (χ1) is 5.52. The van der Waals surface area contributed by atoms with E-state index in [-0.39, 0.29) is 5.56 Å². The number of rotatable bonds is 1. The Labute approximate surface area is 91.6 Å². The van der Waals surface area contributed by atoms with Crippen LogP contribution in [0.3, 0.4) is 0 Å². The Morgan fingerprint density at radius 3 is 2.42 bits per heavy atom. The molecule has 1 aromatic carbocycles. The average molecular weight is 347 g/mol. The predicted molar refractivity (Wildman–Crippen MR) is 56.6 cm³/mol. The number of alkyl halides is 2. The minimum absolute atomic E-state index is 0.0844. The highest BCUT2D eigenvalue weighted by atomic mass is 127. The van der Waals surface area contributed by atoms with Gasteiger partial charge in [-0.2, -0.15) is 0 Å². The summed E-state index contributed by atoms with van der Waals surface area (Å²) in [6, 6.07) is 3.44. The first kappa shape index (κ1) is 10.4. The Morgan fingerprint density at radius 2 is 2.00 bits per heavy atom. The fraction of sp³-hybridized carbons (Fsp3) is 0.250. The van der Waals surface area contributed by atoms with Crippen LogP contribution in [-0.4, -0.2) is 0 Å². The van der Waals surface area contributed by atoms with E-state index in [1.807, 2.05) is 29.5 Å². The number of halogens is 4. The number of hydrogen-bond acceptors (Lipinski definition) is 0. The highest BCUT2D eigenvalue weighted by Crippen LogP contribution is 2.32. The molecule has 0 aliphatic heterocycles. The summed E-state index contributed by atoms with van der Waals surface area (Å²) in [5.74, 6) is 0. The van der Waals surface area contributed by atoms with Gasteiger partial charge in [-0.3, -0.25) is 0 Å². The number of benzene rings is 1. The minimum Gasteiger partial charge on any atom is -0.205 e. The van der Waals surface area contributed by atoms with Gasteiger partial charge < -0.3 is 0 Å². The van der Waals surface area contributed by atoms with Crippen molar-refractivity contribution in [3.05, 3.63) is 31.3 Å². The average Bonchev–Trinajstić information content (AvgIpc) is 1.82. The summed E-state index contributed by atoms with van der Waals surface area (Å²) in [5.41, 5.74) is 1.07. The maximum absolute atomic E-state index is 12.4. The minimum atomic E-state index is -2.41. The van der Waals surface area contributed by atoms with Gasteiger partial charge in [0.2, 0.25) is 0 Å². The van der Waals surface area contributed by atoms with Crippen molar-refractivity contribution in [2.24, 2.45) is 0 Å². The molecule has 0 radical (unpaired) electrons. The van der Waals surface area contributed by atoms with Gasteiger partial charge in [0.25, 0.3) is 6.43 Å². The summed E-state index contributed by atoms with van der Waals surface area (Å²) in [5, 5.41) is 0. The second-order valence-electron chi connectivity index (χ2n) is 2.44. The van der Waals surface area contributed by atoms with Gasteiger partial charge in [-0.25, -0.2) is 8.78 Å². The van der Waals surface area contributed by atoms with Gasteiger partial charge in [-0.05, 0) is 47.2 Å². The van der Waals surface area contributed by atoms with Crippen molar-refractivity contribution in [1.82, 2.24) is 0 Å². The van der Waals surface area contributed by atoms with E-state index in [0.717, 1.165) is 5.56 Å². The third-order valence-electron chi connectivity index (χ3n) is 1.44. The van der Waals surface area contributed by atoms with Crippen LogP contribution in [0.2, 0.25) is 0 Å². The maximum Gasteiger partial charge on any atom is 0.265 e. The molecular formula is C8H6BrF2I. The fourth-order valence-corrected chi connectivity index (χ4v) is 3.05. The molecule has 0 heterocycles. The van der Waals surface area contributed by atoms with E-state index in [9.17, 15) is 8.78 Å². The smallest absolute Gasteiger partial charge is 0.205 e. The van der Waals surface area contributed by atoms with Crippen LogP contribution < -0.4 is 0 Å². The molecular weight excluding hydrogens is 341 g/mol. The van der Waals surface area contributed by atoms with Crippen molar-refractivity contribution in [1.29, 1.82) is 0 Å². The number of aryl methyl sites for hydroxylation is 1. The molecule has 4 heteroatoms. The molecule has 0 saturated heterocycles. The summed E-state index contributed by atoms with van der Waals surface area (Å²) < 4.78 is 25.9. The molecule has 12 heavy (non-hydrogen) atoms. The third-order valence-corrected chi connectivity index (χ3v) is 2.99. The van der Waals surface area contributed by atoms with Crippen LogP contribution in [0.15, 0.2) is 16.6 Å². The van der Waals surface area contributed by atoms with Crippen LogP contribution in [-0.2, 0) is 0 Å². The molecule has 0 saturated carbocycles. The molecule has 0 aliphatic rings. The lowest BCUT2D eigenvalue weighted by molar-refractivity contribution is 0.149. The first-order valence-electron chi connectivity index (χ1n) is 3.26. The van der Waals surface area contributed by atoms with Crippen LogP contribution in [0.5, 0.6) is 0 Å². The van der Waals surface area contributed by atoms with E-state index < -0.39 is 6.43 Å². The molecule has 0 unspecified atom stereocenters. The van der Waals surface area contributed by atoms with Crippen LogP contribution >= 0.6 is 38.5 Å². The van der Waals surface area contributed by atoms with E-state index in [1.165, 1.54) is 0 Å². The van der Waals surface area contributed by atoms with Gasteiger partial charge in [-0.1, -0.05) is 15.9 Å². The monoisotopic (exact) mass is 346 g/mol. The molecule has 0 nitrogen and oxygen atoms in total. The molecule has 0 fully saturated rings. The van der Waals surface area contributed by atoms with E-state index >= 15 is 0 Å². The Bertz CT molecular complexity index is 276. The standard InChI is InChI=1S/C8H6BrF2I/c1-4-2-5(9)7(8(10)11)6(12)3-4/h2-3,8H,1H3. The highest BCUT2D eigenvalue weighted by molar-refractivity contribution is 14.1. The Morgan fingerprint density at radius 1 is 1.42 bits per heavy atom. The van der Waals surface area contributed by atoms with E-state index in [4.69, 9.17) is 0 Å². The Balaban J connectivity index is 3.28. The molecule has 0 bridgehead atoms. The zero-order valence-electron chi connectivity index (χ0n) is 6.24. The van der Waals surface area contributed by atoms with Crippen molar-refractivity contribution in [3.8, 4) is 0 Å². The summed E-state index contributed by atoms with van der Waals surface area (Å²) in [4.78, 5) is 0. The van der Waals surface area contributed by atoms with E-state index in [1.54, 1.807) is 12.1 Å². The zero-order valence-corrected chi connectivity index (χ0v) is 9.99. The SMILES string of the molecule is Cc1cc(Br)c(C(F)F)c(I)c1. The van der Waals surface area contributed by atoms with Crippen LogP contribution in [0.4, 0.5) is 8.78 Å². The Hall–Kier alpha value is 0.290. The predicted octanol–water partition coefficient (Wildman–Crippen LogP) is 4.30. The second kappa shape index (κ2) is 4.00. The lowest BCUT2D eigenvalue weighted by Crippen LogP contribution is -1.92. The maximum atomic E-state index is 12.4. The van der Waals surface area contributed by atoms with Gasteiger partial charge in [0, 0.05) is 13.6 Å². The molecule has 1 aromatic rings. The zero-order chi connectivity index (χ0) is 9.30. The van der Waals surface area contributed by atoms with E-state index in [0.29, 0.717) is 8.04 Å². The van der Waals surface area contributed by atoms with Crippen LogP contribution in [0, 0.1) is 10.5 Å². The molecule has 0 amide bonds. The van der Waals surface area contributed by atoms with Gasteiger partial charge in [0.15, 0.2) is 0 Å². The van der Waals surface area contributed by atoms with Crippen molar-refractivity contribution in [3.63, 3.8) is 0 Å². The second-order valence-corrected chi connectivity index (χ2v) is 4.46. The summed E-state index contributed by atoms with van der Waals surface area (Å²) >= 11 is 5.03. The van der Waals surface area contributed by atoms with Crippen molar-refractivity contribution >= 4 is 38.5 Å². The van der Waals surface area contributed by atoms with Crippen LogP contribution in [0.25, 0.3) is 0 Å². The molecule has 1 rings (SSSR count). The molecule has 0 spiro atoms. The largest absolute Gasteiger partial charge is 0.265 e. The van der Waals surface area contributed by atoms with Gasteiger partial charge in [0.1, 0.15) is 0 Å². The van der Waals surface area contributed by atoms with Gasteiger partial charge >= 0.3 is 0 Å².